The summed E-state index contributed by atoms with van der Waals surface area (Å²) in [6.45, 7) is 3.50. The minimum Gasteiger partial charge on any atom is -0.478 e. The molecule has 0 amide bonds. The van der Waals surface area contributed by atoms with E-state index in [0.717, 1.165) is 6.26 Å². The summed E-state index contributed by atoms with van der Waals surface area (Å²) >= 11 is 0. The molecule has 0 N–H and O–H groups in total. The highest BCUT2D eigenvalue weighted by Gasteiger charge is 2.44. The average Bonchev–Trinajstić information content (AvgIpc) is 3.17. The van der Waals surface area contributed by atoms with Crippen molar-refractivity contribution in [2.24, 2.45) is 0 Å². The number of hydrogen-bond acceptors (Lipinski definition) is 6. The predicted molar refractivity (Wildman–Crippen MR) is 99.1 cm³/mol. The first-order valence-corrected chi connectivity index (χ1v) is 10.3. The first kappa shape index (κ1) is 17.6. The van der Waals surface area contributed by atoms with E-state index in [1.165, 1.54) is 12.1 Å². The fourth-order valence-electron chi connectivity index (χ4n) is 3.19. The van der Waals surface area contributed by atoms with Gasteiger partial charge in [0.25, 0.3) is 0 Å². The van der Waals surface area contributed by atoms with E-state index in [4.69, 9.17) is 14.2 Å². The highest BCUT2D eigenvalue weighted by molar-refractivity contribution is 7.90. The van der Waals surface area contributed by atoms with Crippen molar-refractivity contribution in [1.82, 2.24) is 0 Å². The standard InChI is InChI=1S/C20H18O6S/c1-20(2)19(21)16(14-5-4-6-15-18(14)25-11-24-15)17(26-20)12-7-9-13(10-8-12)27(3,22)23/h4-10H,11H2,1-3H3. The normalized spacial score (nSPS) is 18.0. The van der Waals surface area contributed by atoms with Crippen LogP contribution in [0.15, 0.2) is 47.4 Å². The van der Waals surface area contributed by atoms with E-state index in [2.05, 4.69) is 0 Å². The number of sulfone groups is 1. The molecule has 140 valence electrons. The molecule has 0 spiro atoms. The third kappa shape index (κ3) is 2.88. The Morgan fingerprint density at radius 1 is 1.00 bits per heavy atom. The van der Waals surface area contributed by atoms with Crippen LogP contribution in [-0.2, 0) is 19.4 Å². The second kappa shape index (κ2) is 5.85. The molecule has 0 unspecified atom stereocenters. The molecule has 6 nitrogen and oxygen atoms in total. The van der Waals surface area contributed by atoms with Gasteiger partial charge in [-0.25, -0.2) is 8.42 Å². The smallest absolute Gasteiger partial charge is 0.231 e. The molecule has 7 heteroatoms. The Bertz CT molecular complexity index is 1080. The van der Waals surface area contributed by atoms with Gasteiger partial charge in [-0.2, -0.15) is 0 Å². The first-order chi connectivity index (χ1) is 12.7. The third-order valence-electron chi connectivity index (χ3n) is 4.57. The lowest BCUT2D eigenvalue weighted by atomic mass is 9.92. The van der Waals surface area contributed by atoms with Crippen molar-refractivity contribution in [1.29, 1.82) is 0 Å². The summed E-state index contributed by atoms with van der Waals surface area (Å²) in [6, 6.07) is 11.6. The summed E-state index contributed by atoms with van der Waals surface area (Å²) < 4.78 is 40.4. The van der Waals surface area contributed by atoms with Crippen LogP contribution in [-0.4, -0.2) is 32.9 Å². The quantitative estimate of drug-likeness (QED) is 0.807. The maximum absolute atomic E-state index is 13.1. The van der Waals surface area contributed by atoms with Gasteiger partial charge in [0.05, 0.1) is 10.5 Å². The third-order valence-corrected chi connectivity index (χ3v) is 5.70. The van der Waals surface area contributed by atoms with E-state index in [1.807, 2.05) is 0 Å². The Hall–Kier alpha value is -2.80. The van der Waals surface area contributed by atoms with Gasteiger partial charge in [-0.3, -0.25) is 4.79 Å². The van der Waals surface area contributed by atoms with E-state index >= 15 is 0 Å². The molecule has 2 heterocycles. The van der Waals surface area contributed by atoms with Crippen molar-refractivity contribution < 1.29 is 27.4 Å². The Morgan fingerprint density at radius 2 is 1.70 bits per heavy atom. The zero-order valence-electron chi connectivity index (χ0n) is 15.1. The van der Waals surface area contributed by atoms with E-state index in [9.17, 15) is 13.2 Å². The van der Waals surface area contributed by atoms with Crippen molar-refractivity contribution in [2.75, 3.05) is 13.0 Å². The average molecular weight is 386 g/mol. The molecule has 2 aliphatic heterocycles. The van der Waals surface area contributed by atoms with Crippen LogP contribution in [0.5, 0.6) is 11.5 Å². The molecule has 0 aromatic heterocycles. The van der Waals surface area contributed by atoms with Gasteiger partial charge in [-0.05, 0) is 44.2 Å². The molecule has 0 saturated carbocycles. The molecule has 0 fully saturated rings. The summed E-state index contributed by atoms with van der Waals surface area (Å²) in [5.74, 6) is 1.30. The van der Waals surface area contributed by atoms with Crippen molar-refractivity contribution in [3.8, 4) is 11.5 Å². The number of para-hydroxylation sites is 1. The number of fused-ring (bicyclic) bond motifs is 1. The van der Waals surface area contributed by atoms with Crippen LogP contribution in [0.25, 0.3) is 11.3 Å². The molecule has 2 aromatic rings. The van der Waals surface area contributed by atoms with Crippen molar-refractivity contribution in [3.05, 3.63) is 53.6 Å². The Kier molecular flexibility index (Phi) is 3.82. The van der Waals surface area contributed by atoms with Gasteiger partial charge in [-0.1, -0.05) is 12.1 Å². The molecular formula is C20H18O6S. The largest absolute Gasteiger partial charge is 0.478 e. The summed E-state index contributed by atoms with van der Waals surface area (Å²) in [7, 11) is -3.31. The molecule has 0 atom stereocenters. The van der Waals surface area contributed by atoms with Crippen molar-refractivity contribution in [2.45, 2.75) is 24.3 Å². The Labute approximate surface area is 157 Å². The van der Waals surface area contributed by atoms with Crippen LogP contribution in [0.3, 0.4) is 0 Å². The minimum absolute atomic E-state index is 0.0937. The van der Waals surface area contributed by atoms with E-state index in [-0.39, 0.29) is 17.5 Å². The molecule has 0 aliphatic carbocycles. The molecule has 0 radical (unpaired) electrons. The fraction of sp³-hybridized carbons (Fsp3) is 0.250. The van der Waals surface area contributed by atoms with Gasteiger partial charge < -0.3 is 14.2 Å². The van der Waals surface area contributed by atoms with Gasteiger partial charge in [0.15, 0.2) is 26.9 Å². The zero-order valence-corrected chi connectivity index (χ0v) is 15.9. The Balaban J connectivity index is 1.90. The minimum atomic E-state index is -3.31. The van der Waals surface area contributed by atoms with Gasteiger partial charge in [-0.15, -0.1) is 0 Å². The summed E-state index contributed by atoms with van der Waals surface area (Å²) in [5.41, 5.74) is 0.576. The summed E-state index contributed by atoms with van der Waals surface area (Å²) in [4.78, 5) is 13.3. The van der Waals surface area contributed by atoms with Gasteiger partial charge in [0.2, 0.25) is 12.6 Å². The molecule has 2 aliphatic rings. The number of carbonyl (C=O) groups excluding carboxylic acids is 1. The van der Waals surface area contributed by atoms with Crippen LogP contribution in [0, 0.1) is 0 Å². The number of carbonyl (C=O) groups is 1. The Morgan fingerprint density at radius 3 is 2.37 bits per heavy atom. The molecule has 27 heavy (non-hydrogen) atoms. The molecule has 0 bridgehead atoms. The molecular weight excluding hydrogens is 368 g/mol. The molecule has 4 rings (SSSR count). The summed E-state index contributed by atoms with van der Waals surface area (Å²) in [5, 5.41) is 0. The lowest BCUT2D eigenvalue weighted by Crippen LogP contribution is -2.29. The number of hydrogen-bond donors (Lipinski definition) is 0. The second-order valence-corrected chi connectivity index (χ2v) is 9.00. The SMILES string of the molecule is CC1(C)OC(c2ccc(S(C)(=O)=O)cc2)=C(c2cccc3c2OCO3)C1=O. The van der Waals surface area contributed by atoms with E-state index < -0.39 is 15.4 Å². The monoisotopic (exact) mass is 386 g/mol. The van der Waals surface area contributed by atoms with Crippen LogP contribution >= 0.6 is 0 Å². The first-order valence-electron chi connectivity index (χ1n) is 8.36. The maximum Gasteiger partial charge on any atom is 0.231 e. The number of ketones is 1. The number of rotatable bonds is 3. The van der Waals surface area contributed by atoms with E-state index in [1.54, 1.807) is 44.2 Å². The second-order valence-electron chi connectivity index (χ2n) is 6.98. The number of Topliss-reactive ketones (excluding diaryl/α,β-unsaturated/α-hetero) is 1. The topological polar surface area (TPSA) is 78.9 Å². The van der Waals surface area contributed by atoms with E-state index in [0.29, 0.717) is 34.0 Å². The van der Waals surface area contributed by atoms with Gasteiger partial charge in [0.1, 0.15) is 5.76 Å². The van der Waals surface area contributed by atoms with Crippen LogP contribution < -0.4 is 9.47 Å². The van der Waals surface area contributed by atoms with Crippen molar-refractivity contribution >= 4 is 27.0 Å². The molecule has 2 aromatic carbocycles. The summed E-state index contributed by atoms with van der Waals surface area (Å²) in [6.07, 6.45) is 1.15. The predicted octanol–water partition coefficient (Wildman–Crippen LogP) is 3.07. The van der Waals surface area contributed by atoms with Crippen LogP contribution in [0.2, 0.25) is 0 Å². The van der Waals surface area contributed by atoms with Gasteiger partial charge >= 0.3 is 0 Å². The van der Waals surface area contributed by atoms with Crippen LogP contribution in [0.4, 0.5) is 0 Å². The zero-order chi connectivity index (χ0) is 19.4. The lowest BCUT2D eigenvalue weighted by Gasteiger charge is -2.18. The lowest BCUT2D eigenvalue weighted by molar-refractivity contribution is -0.125. The van der Waals surface area contributed by atoms with Crippen molar-refractivity contribution in [3.63, 3.8) is 0 Å². The number of ether oxygens (including phenoxy) is 3. The maximum atomic E-state index is 13.1. The van der Waals surface area contributed by atoms with Gasteiger partial charge in [0, 0.05) is 17.4 Å². The van der Waals surface area contributed by atoms with Crippen LogP contribution in [0.1, 0.15) is 25.0 Å². The highest BCUT2D eigenvalue weighted by atomic mass is 32.2. The number of benzene rings is 2. The molecule has 0 saturated heterocycles. The fourth-order valence-corrected chi connectivity index (χ4v) is 3.82. The highest BCUT2D eigenvalue weighted by Crippen LogP contribution is 2.47.